The number of urea groups is 1. The van der Waals surface area contributed by atoms with Crippen LogP contribution in [-0.4, -0.2) is 16.9 Å². The lowest BCUT2D eigenvalue weighted by atomic mass is 10.1. The molecule has 1 heterocycles. The molecule has 0 spiro atoms. The van der Waals surface area contributed by atoms with Gasteiger partial charge in [0, 0.05) is 17.8 Å². The monoisotopic (exact) mass is 382 g/mol. The molecule has 27 heavy (non-hydrogen) atoms. The molecule has 0 aliphatic rings. The Bertz CT molecular complexity index is 1030. The van der Waals surface area contributed by atoms with Gasteiger partial charge in [-0.05, 0) is 55.7 Å². The number of hydrogen-bond acceptors (Lipinski definition) is 4. The molecular formula is C20H22N4O2S. The lowest BCUT2D eigenvalue weighted by molar-refractivity contribution is -0.115. The molecule has 0 bridgehead atoms. The van der Waals surface area contributed by atoms with Gasteiger partial charge in [0.1, 0.15) is 0 Å². The van der Waals surface area contributed by atoms with E-state index in [4.69, 9.17) is 0 Å². The first-order valence-electron chi connectivity index (χ1n) is 8.72. The molecule has 3 N–H and O–H groups in total. The molecule has 3 aromatic rings. The summed E-state index contributed by atoms with van der Waals surface area (Å²) in [6.45, 7) is 7.71. The fraction of sp³-hybridized carbons (Fsp3) is 0.250. The number of aryl methyl sites for hydroxylation is 2. The van der Waals surface area contributed by atoms with E-state index in [0.29, 0.717) is 17.2 Å². The molecule has 0 atom stereocenters. The Kier molecular flexibility index (Phi) is 5.41. The van der Waals surface area contributed by atoms with Crippen LogP contribution in [0.2, 0.25) is 0 Å². The van der Waals surface area contributed by atoms with E-state index in [1.54, 1.807) is 6.92 Å². The van der Waals surface area contributed by atoms with Crippen molar-refractivity contribution in [3.05, 3.63) is 47.0 Å². The Morgan fingerprint density at radius 1 is 1.04 bits per heavy atom. The van der Waals surface area contributed by atoms with Crippen molar-refractivity contribution in [3.63, 3.8) is 0 Å². The van der Waals surface area contributed by atoms with Gasteiger partial charge in [-0.15, -0.1) is 0 Å². The van der Waals surface area contributed by atoms with E-state index in [1.807, 2.05) is 51.1 Å². The molecule has 140 valence electrons. The average molecular weight is 382 g/mol. The van der Waals surface area contributed by atoms with Crippen molar-refractivity contribution in [2.45, 2.75) is 34.1 Å². The van der Waals surface area contributed by atoms with E-state index in [9.17, 15) is 9.59 Å². The van der Waals surface area contributed by atoms with E-state index in [-0.39, 0.29) is 11.9 Å². The van der Waals surface area contributed by atoms with Gasteiger partial charge >= 0.3 is 6.03 Å². The van der Waals surface area contributed by atoms with Crippen LogP contribution >= 0.6 is 11.3 Å². The number of carbonyl (C=O) groups is 2. The summed E-state index contributed by atoms with van der Waals surface area (Å²) in [7, 11) is 0. The first-order chi connectivity index (χ1) is 12.9. The SMILES string of the molecule is CCC(=O)Nc1nc2c(C)cc(NC(=O)Nc3cccc(C)c3C)cc2s1. The normalized spacial score (nSPS) is 10.7. The van der Waals surface area contributed by atoms with Gasteiger partial charge < -0.3 is 16.0 Å². The summed E-state index contributed by atoms with van der Waals surface area (Å²) in [5.41, 5.74) is 5.39. The largest absolute Gasteiger partial charge is 0.323 e. The minimum atomic E-state index is -0.300. The summed E-state index contributed by atoms with van der Waals surface area (Å²) in [5.74, 6) is -0.0713. The molecule has 1 aromatic heterocycles. The molecule has 3 rings (SSSR count). The molecule has 6 nitrogen and oxygen atoms in total. The quantitative estimate of drug-likeness (QED) is 0.579. The summed E-state index contributed by atoms with van der Waals surface area (Å²) in [5, 5.41) is 9.11. The highest BCUT2D eigenvalue weighted by Gasteiger charge is 2.12. The number of rotatable bonds is 4. The number of amides is 3. The highest BCUT2D eigenvalue weighted by atomic mass is 32.1. The fourth-order valence-corrected chi connectivity index (χ4v) is 3.70. The van der Waals surface area contributed by atoms with E-state index < -0.39 is 0 Å². The van der Waals surface area contributed by atoms with Crippen LogP contribution in [0.4, 0.5) is 21.3 Å². The Morgan fingerprint density at radius 3 is 2.56 bits per heavy atom. The summed E-state index contributed by atoms with van der Waals surface area (Å²) in [6.07, 6.45) is 0.403. The number of fused-ring (bicyclic) bond motifs is 1. The first-order valence-corrected chi connectivity index (χ1v) is 9.54. The molecule has 0 aliphatic carbocycles. The number of nitrogens with one attached hydrogen (secondary N) is 3. The van der Waals surface area contributed by atoms with Crippen LogP contribution in [0.15, 0.2) is 30.3 Å². The Balaban J connectivity index is 1.79. The van der Waals surface area contributed by atoms with E-state index in [1.165, 1.54) is 11.3 Å². The maximum atomic E-state index is 12.4. The minimum absolute atomic E-state index is 0.0713. The topological polar surface area (TPSA) is 83.1 Å². The molecular weight excluding hydrogens is 360 g/mol. The van der Waals surface area contributed by atoms with Crippen LogP contribution in [-0.2, 0) is 4.79 Å². The molecule has 7 heteroatoms. The highest BCUT2D eigenvalue weighted by Crippen LogP contribution is 2.31. The Labute approximate surface area is 162 Å². The number of hydrogen-bond donors (Lipinski definition) is 3. The zero-order chi connectivity index (χ0) is 19.6. The Hall–Kier alpha value is -2.93. The van der Waals surface area contributed by atoms with Crippen molar-refractivity contribution < 1.29 is 9.59 Å². The molecule has 0 aliphatic heterocycles. The van der Waals surface area contributed by atoms with Crippen molar-refractivity contribution in [2.75, 3.05) is 16.0 Å². The first kappa shape index (κ1) is 18.8. The molecule has 0 radical (unpaired) electrons. The average Bonchev–Trinajstić information content (AvgIpc) is 3.01. The number of carbonyl (C=O) groups excluding carboxylic acids is 2. The highest BCUT2D eigenvalue weighted by molar-refractivity contribution is 7.22. The van der Waals surface area contributed by atoms with Gasteiger partial charge in [0.15, 0.2) is 5.13 Å². The minimum Gasteiger partial charge on any atom is -0.308 e. The number of anilines is 3. The summed E-state index contributed by atoms with van der Waals surface area (Å²) in [6, 6.07) is 9.24. The number of aromatic nitrogens is 1. The van der Waals surface area contributed by atoms with E-state index >= 15 is 0 Å². The van der Waals surface area contributed by atoms with Crippen molar-refractivity contribution in [3.8, 4) is 0 Å². The zero-order valence-electron chi connectivity index (χ0n) is 15.8. The van der Waals surface area contributed by atoms with Gasteiger partial charge in [-0.2, -0.15) is 0 Å². The van der Waals surface area contributed by atoms with Crippen LogP contribution in [0, 0.1) is 20.8 Å². The second-order valence-electron chi connectivity index (χ2n) is 6.39. The third-order valence-electron chi connectivity index (χ3n) is 4.36. The molecule has 0 saturated carbocycles. The zero-order valence-corrected chi connectivity index (χ0v) is 16.6. The predicted octanol–water partition coefficient (Wildman–Crippen LogP) is 5.21. The van der Waals surface area contributed by atoms with Gasteiger partial charge in [-0.25, -0.2) is 9.78 Å². The van der Waals surface area contributed by atoms with Crippen molar-refractivity contribution in [1.29, 1.82) is 0 Å². The van der Waals surface area contributed by atoms with Crippen LogP contribution in [0.1, 0.15) is 30.0 Å². The van der Waals surface area contributed by atoms with E-state index in [0.717, 1.165) is 32.6 Å². The maximum Gasteiger partial charge on any atom is 0.323 e. The molecule has 0 fully saturated rings. The molecule has 0 unspecified atom stereocenters. The van der Waals surface area contributed by atoms with Crippen LogP contribution in [0.3, 0.4) is 0 Å². The van der Waals surface area contributed by atoms with Crippen LogP contribution in [0.25, 0.3) is 10.2 Å². The van der Waals surface area contributed by atoms with Gasteiger partial charge in [0.25, 0.3) is 0 Å². The predicted molar refractivity (Wildman–Crippen MR) is 112 cm³/mol. The van der Waals surface area contributed by atoms with E-state index in [2.05, 4.69) is 20.9 Å². The van der Waals surface area contributed by atoms with Crippen LogP contribution in [0.5, 0.6) is 0 Å². The van der Waals surface area contributed by atoms with Crippen molar-refractivity contribution in [2.24, 2.45) is 0 Å². The van der Waals surface area contributed by atoms with Gasteiger partial charge in [0.05, 0.1) is 10.2 Å². The molecule has 0 saturated heterocycles. The summed E-state index contributed by atoms with van der Waals surface area (Å²) in [4.78, 5) is 28.4. The second kappa shape index (κ2) is 7.75. The van der Waals surface area contributed by atoms with Crippen molar-refractivity contribution >= 4 is 50.0 Å². The second-order valence-corrected chi connectivity index (χ2v) is 7.42. The number of thiazole rings is 1. The summed E-state index contributed by atoms with van der Waals surface area (Å²) >= 11 is 1.39. The Morgan fingerprint density at radius 2 is 1.81 bits per heavy atom. The third kappa shape index (κ3) is 4.25. The van der Waals surface area contributed by atoms with Gasteiger partial charge in [0.2, 0.25) is 5.91 Å². The molecule has 3 amide bonds. The standard InChI is InChI=1S/C20H22N4O2S/c1-5-17(25)23-20-24-18-12(3)9-14(10-16(18)27-20)21-19(26)22-15-8-6-7-11(2)13(15)4/h6-10H,5H2,1-4H3,(H2,21,22,26)(H,23,24,25). The fourth-order valence-electron chi connectivity index (χ4n) is 2.70. The van der Waals surface area contributed by atoms with Gasteiger partial charge in [-0.1, -0.05) is 30.4 Å². The molecule has 2 aromatic carbocycles. The van der Waals surface area contributed by atoms with Crippen molar-refractivity contribution in [1.82, 2.24) is 4.98 Å². The summed E-state index contributed by atoms with van der Waals surface area (Å²) < 4.78 is 0.906. The number of nitrogens with zero attached hydrogens (tertiary/aromatic N) is 1. The lowest BCUT2D eigenvalue weighted by Crippen LogP contribution is -2.20. The smallest absolute Gasteiger partial charge is 0.308 e. The maximum absolute atomic E-state index is 12.4. The lowest BCUT2D eigenvalue weighted by Gasteiger charge is -2.12. The number of benzene rings is 2. The van der Waals surface area contributed by atoms with Gasteiger partial charge in [-0.3, -0.25) is 4.79 Å². The third-order valence-corrected chi connectivity index (χ3v) is 5.28. The van der Waals surface area contributed by atoms with Crippen LogP contribution < -0.4 is 16.0 Å².